The largest absolute Gasteiger partial charge is 0.352 e. The molecule has 2 heterocycles. The molecule has 5 nitrogen and oxygen atoms in total. The van der Waals surface area contributed by atoms with Gasteiger partial charge in [0.2, 0.25) is 5.91 Å². The van der Waals surface area contributed by atoms with Crippen LogP contribution < -0.4 is 10.6 Å². The van der Waals surface area contributed by atoms with Gasteiger partial charge in [-0.15, -0.1) is 0 Å². The van der Waals surface area contributed by atoms with E-state index in [2.05, 4.69) is 27.4 Å². The van der Waals surface area contributed by atoms with Crippen LogP contribution in [0.3, 0.4) is 0 Å². The minimum atomic E-state index is 0.237. The molecule has 2 N–H and O–H groups in total. The van der Waals surface area contributed by atoms with Crippen molar-refractivity contribution in [3.8, 4) is 0 Å². The summed E-state index contributed by atoms with van der Waals surface area (Å²) in [6, 6.07) is 1.08. The van der Waals surface area contributed by atoms with Crippen molar-refractivity contribution in [3.63, 3.8) is 0 Å². The molecule has 2 aliphatic heterocycles. The van der Waals surface area contributed by atoms with Crippen molar-refractivity contribution in [1.29, 1.82) is 0 Å². The Labute approximate surface area is 146 Å². The summed E-state index contributed by atoms with van der Waals surface area (Å²) in [7, 11) is 0. The Hall–Kier alpha value is -0.650. The molecule has 4 fully saturated rings. The Kier molecular flexibility index (Phi) is 5.11. The molecule has 0 aromatic carbocycles. The zero-order valence-electron chi connectivity index (χ0n) is 15.2. The highest BCUT2D eigenvalue weighted by molar-refractivity contribution is 5.78. The average Bonchev–Trinajstić information content (AvgIpc) is 3.33. The lowest BCUT2D eigenvalue weighted by molar-refractivity contribution is -0.123. The SMILES string of the molecule is CC(NC(=O)CN1CCN(C2CCNC2)CC1)C1CC2CCC1C2. The Morgan fingerprint density at radius 3 is 2.62 bits per heavy atom. The first-order chi connectivity index (χ1) is 11.7. The van der Waals surface area contributed by atoms with Crippen molar-refractivity contribution in [2.24, 2.45) is 17.8 Å². The van der Waals surface area contributed by atoms with Crippen molar-refractivity contribution in [1.82, 2.24) is 20.4 Å². The molecule has 5 unspecified atom stereocenters. The van der Waals surface area contributed by atoms with Gasteiger partial charge in [-0.3, -0.25) is 14.6 Å². The van der Waals surface area contributed by atoms with Gasteiger partial charge in [-0.2, -0.15) is 0 Å². The first kappa shape index (κ1) is 16.8. The number of carbonyl (C=O) groups excluding carboxylic acids is 1. The lowest BCUT2D eigenvalue weighted by Gasteiger charge is -2.37. The number of nitrogens with one attached hydrogen (secondary N) is 2. The zero-order valence-corrected chi connectivity index (χ0v) is 15.2. The zero-order chi connectivity index (χ0) is 16.5. The van der Waals surface area contributed by atoms with Crippen LogP contribution in [-0.4, -0.2) is 73.6 Å². The summed E-state index contributed by atoms with van der Waals surface area (Å²) in [5.41, 5.74) is 0. The summed E-state index contributed by atoms with van der Waals surface area (Å²) in [4.78, 5) is 17.4. The van der Waals surface area contributed by atoms with E-state index in [-0.39, 0.29) is 5.91 Å². The number of hydrogen-bond acceptors (Lipinski definition) is 4. The number of fused-ring (bicyclic) bond motifs is 2. The molecular weight excluding hydrogens is 300 g/mol. The standard InChI is InChI=1S/C19H34N4O/c1-14(18-11-15-2-3-16(18)10-15)21-19(24)13-22-6-8-23(9-7-22)17-4-5-20-12-17/h14-18,20H,2-13H2,1H3,(H,21,24). The van der Waals surface area contributed by atoms with Crippen molar-refractivity contribution in [3.05, 3.63) is 0 Å². The van der Waals surface area contributed by atoms with E-state index in [9.17, 15) is 4.79 Å². The number of hydrogen-bond donors (Lipinski definition) is 2. The van der Waals surface area contributed by atoms with E-state index in [1.807, 2.05) is 0 Å². The van der Waals surface area contributed by atoms with E-state index in [1.165, 1.54) is 32.1 Å². The maximum absolute atomic E-state index is 12.4. The molecule has 2 saturated carbocycles. The van der Waals surface area contributed by atoms with Gasteiger partial charge in [0.1, 0.15) is 0 Å². The topological polar surface area (TPSA) is 47.6 Å². The summed E-state index contributed by atoms with van der Waals surface area (Å²) in [6.07, 6.45) is 6.88. The van der Waals surface area contributed by atoms with Crippen molar-refractivity contribution < 1.29 is 4.79 Å². The number of amides is 1. The third-order valence-electron chi connectivity index (χ3n) is 7.15. The molecule has 1 amide bonds. The minimum absolute atomic E-state index is 0.237. The second-order valence-electron chi connectivity index (χ2n) is 8.65. The van der Waals surface area contributed by atoms with Crippen LogP contribution in [0.25, 0.3) is 0 Å². The van der Waals surface area contributed by atoms with Gasteiger partial charge in [0.05, 0.1) is 6.54 Å². The smallest absolute Gasteiger partial charge is 0.234 e. The van der Waals surface area contributed by atoms with Crippen LogP contribution in [0.5, 0.6) is 0 Å². The maximum atomic E-state index is 12.4. The molecule has 0 radical (unpaired) electrons. The Morgan fingerprint density at radius 1 is 1.17 bits per heavy atom. The lowest BCUT2D eigenvalue weighted by Crippen LogP contribution is -2.53. The summed E-state index contributed by atoms with van der Waals surface area (Å²) in [5.74, 6) is 2.81. The van der Waals surface area contributed by atoms with E-state index in [0.717, 1.165) is 63.1 Å². The van der Waals surface area contributed by atoms with Crippen LogP contribution in [0, 0.1) is 17.8 Å². The monoisotopic (exact) mass is 334 g/mol. The summed E-state index contributed by atoms with van der Waals surface area (Å²) in [5, 5.41) is 6.77. The highest BCUT2D eigenvalue weighted by Gasteiger charge is 2.42. The molecule has 4 rings (SSSR count). The molecule has 0 aromatic heterocycles. The van der Waals surface area contributed by atoms with Crippen molar-refractivity contribution in [2.75, 3.05) is 45.8 Å². The fourth-order valence-corrected chi connectivity index (χ4v) is 5.75. The van der Waals surface area contributed by atoms with Crippen LogP contribution in [0.4, 0.5) is 0 Å². The highest BCUT2D eigenvalue weighted by Crippen LogP contribution is 2.49. The molecular formula is C19H34N4O. The number of piperazine rings is 1. The molecule has 24 heavy (non-hydrogen) atoms. The van der Waals surface area contributed by atoms with Gasteiger partial charge in [0.25, 0.3) is 0 Å². The predicted octanol–water partition coefficient (Wildman–Crippen LogP) is 0.907. The van der Waals surface area contributed by atoms with E-state index in [4.69, 9.17) is 0 Å². The highest BCUT2D eigenvalue weighted by atomic mass is 16.2. The lowest BCUT2D eigenvalue weighted by atomic mass is 9.84. The average molecular weight is 335 g/mol. The quantitative estimate of drug-likeness (QED) is 0.784. The van der Waals surface area contributed by atoms with Gasteiger partial charge in [0, 0.05) is 44.8 Å². The summed E-state index contributed by atoms with van der Waals surface area (Å²) >= 11 is 0. The van der Waals surface area contributed by atoms with E-state index >= 15 is 0 Å². The maximum Gasteiger partial charge on any atom is 0.234 e. The van der Waals surface area contributed by atoms with E-state index in [0.29, 0.717) is 12.6 Å². The number of carbonyl (C=O) groups is 1. The fraction of sp³-hybridized carbons (Fsp3) is 0.947. The van der Waals surface area contributed by atoms with E-state index < -0.39 is 0 Å². The van der Waals surface area contributed by atoms with Crippen molar-refractivity contribution in [2.45, 2.75) is 51.1 Å². The van der Waals surface area contributed by atoms with Gasteiger partial charge < -0.3 is 10.6 Å². The van der Waals surface area contributed by atoms with Crippen LogP contribution >= 0.6 is 0 Å². The third-order valence-corrected chi connectivity index (χ3v) is 7.15. The molecule has 5 atom stereocenters. The Bertz CT molecular complexity index is 443. The summed E-state index contributed by atoms with van der Waals surface area (Å²) in [6.45, 7) is 9.41. The van der Waals surface area contributed by atoms with Gasteiger partial charge in [-0.05, 0) is 56.9 Å². The normalized spacial score (nSPS) is 38.5. The molecule has 4 aliphatic rings. The molecule has 0 spiro atoms. The first-order valence-electron chi connectivity index (χ1n) is 10.2. The summed E-state index contributed by atoms with van der Waals surface area (Å²) < 4.78 is 0. The Balaban J connectivity index is 1.18. The van der Waals surface area contributed by atoms with Crippen molar-refractivity contribution >= 4 is 5.91 Å². The number of rotatable bonds is 5. The van der Waals surface area contributed by atoms with Crippen LogP contribution in [0.1, 0.15) is 39.0 Å². The molecule has 2 aliphatic carbocycles. The third kappa shape index (κ3) is 3.63. The molecule has 0 aromatic rings. The molecule has 2 bridgehead atoms. The molecule has 136 valence electrons. The predicted molar refractivity (Wildman–Crippen MR) is 95.8 cm³/mol. The number of nitrogens with zero attached hydrogens (tertiary/aromatic N) is 2. The minimum Gasteiger partial charge on any atom is -0.352 e. The van der Waals surface area contributed by atoms with Crippen LogP contribution in [0.2, 0.25) is 0 Å². The van der Waals surface area contributed by atoms with Gasteiger partial charge in [0.15, 0.2) is 0 Å². The van der Waals surface area contributed by atoms with Crippen LogP contribution in [-0.2, 0) is 4.79 Å². The van der Waals surface area contributed by atoms with Crippen LogP contribution in [0.15, 0.2) is 0 Å². The second-order valence-corrected chi connectivity index (χ2v) is 8.65. The molecule has 5 heteroatoms. The van der Waals surface area contributed by atoms with Gasteiger partial charge in [-0.1, -0.05) is 6.42 Å². The first-order valence-corrected chi connectivity index (χ1v) is 10.2. The molecule has 2 saturated heterocycles. The van der Waals surface area contributed by atoms with Gasteiger partial charge >= 0.3 is 0 Å². The fourth-order valence-electron chi connectivity index (χ4n) is 5.75. The second kappa shape index (κ2) is 7.30. The van der Waals surface area contributed by atoms with E-state index in [1.54, 1.807) is 0 Å². The Morgan fingerprint density at radius 2 is 2.00 bits per heavy atom. The van der Waals surface area contributed by atoms with Gasteiger partial charge in [-0.25, -0.2) is 0 Å².